The van der Waals surface area contributed by atoms with E-state index < -0.39 is 90.4 Å². The molecule has 2 N–H and O–H groups in total. The molecular formula is C22H15Cl3F10N2O3S. The van der Waals surface area contributed by atoms with Crippen molar-refractivity contribution >= 4 is 56.6 Å². The topological polar surface area (TPSA) is 75.3 Å². The third-order valence-electron chi connectivity index (χ3n) is 4.93. The zero-order chi connectivity index (χ0) is 31.7. The van der Waals surface area contributed by atoms with Gasteiger partial charge in [0.2, 0.25) is 10.0 Å². The van der Waals surface area contributed by atoms with Crippen LogP contribution in [0.15, 0.2) is 36.4 Å². The second-order valence-corrected chi connectivity index (χ2v) is 11.2. The van der Waals surface area contributed by atoms with Crippen molar-refractivity contribution in [1.29, 1.82) is 0 Å². The van der Waals surface area contributed by atoms with Gasteiger partial charge in [0, 0.05) is 5.56 Å². The van der Waals surface area contributed by atoms with Crippen molar-refractivity contribution in [2.24, 2.45) is 0 Å². The summed E-state index contributed by atoms with van der Waals surface area (Å²) in [4.78, 5) is 12.4. The molecular weight excluding hydrogens is 669 g/mol. The first-order valence-corrected chi connectivity index (χ1v) is 13.4. The summed E-state index contributed by atoms with van der Waals surface area (Å²) < 4.78 is 159. The molecule has 41 heavy (non-hydrogen) atoms. The lowest BCUT2D eigenvalue weighted by Crippen LogP contribution is -2.48. The maximum absolute atomic E-state index is 14.9. The van der Waals surface area contributed by atoms with Crippen LogP contribution in [0.1, 0.15) is 39.9 Å². The van der Waals surface area contributed by atoms with Crippen molar-refractivity contribution in [1.82, 2.24) is 10.0 Å². The summed E-state index contributed by atoms with van der Waals surface area (Å²) >= 11 is 17.2. The standard InChI is InChI=1S/C22H15Cl3F10N2O3S/c1-9(37-41(39,40)8-20(27,28)29)36-19(38)12-3-2-10(4-14(12)22(33,34)35)17(26)7-13(21(30,31)32)11-5-15(23)18(25)16(24)6-11/h2-7,9,13,37H,8H2,1H3,(H,36,38)/b17-7-/t9-,13?/m0/s1. The van der Waals surface area contributed by atoms with Crippen LogP contribution in [0.4, 0.5) is 43.9 Å². The number of rotatable bonds is 8. The summed E-state index contributed by atoms with van der Waals surface area (Å²) in [6.07, 6.45) is -17.6. The molecule has 0 aliphatic carbocycles. The lowest BCUT2D eigenvalue weighted by atomic mass is 9.95. The monoisotopic (exact) mass is 682 g/mol. The molecule has 0 saturated carbocycles. The highest BCUT2D eigenvalue weighted by Gasteiger charge is 2.41. The third kappa shape index (κ3) is 9.91. The van der Waals surface area contributed by atoms with Gasteiger partial charge in [0.05, 0.1) is 32.4 Å². The average molecular weight is 684 g/mol. The number of hydrogen-bond acceptors (Lipinski definition) is 3. The Labute approximate surface area is 240 Å². The lowest BCUT2D eigenvalue weighted by molar-refractivity contribution is -0.140. The highest BCUT2D eigenvalue weighted by molar-refractivity contribution is 7.89. The number of amides is 1. The number of carbonyl (C=O) groups excluding carboxylic acids is 1. The molecule has 1 unspecified atom stereocenters. The van der Waals surface area contributed by atoms with Crippen LogP contribution in [0.25, 0.3) is 5.83 Å². The highest BCUT2D eigenvalue weighted by Crippen LogP contribution is 2.42. The lowest BCUT2D eigenvalue weighted by Gasteiger charge is -2.20. The molecule has 0 fully saturated rings. The van der Waals surface area contributed by atoms with E-state index >= 15 is 0 Å². The van der Waals surface area contributed by atoms with E-state index in [1.54, 1.807) is 5.32 Å². The number of hydrogen-bond donors (Lipinski definition) is 2. The zero-order valence-electron chi connectivity index (χ0n) is 19.9. The Bertz CT molecular complexity index is 1420. The van der Waals surface area contributed by atoms with Crippen molar-refractivity contribution in [3.63, 3.8) is 0 Å². The van der Waals surface area contributed by atoms with Crippen molar-refractivity contribution < 1.29 is 57.1 Å². The fraction of sp³-hybridized carbons (Fsp3) is 0.318. The van der Waals surface area contributed by atoms with E-state index in [0.717, 1.165) is 19.1 Å². The molecule has 0 heterocycles. The van der Waals surface area contributed by atoms with Gasteiger partial charge < -0.3 is 5.32 Å². The molecule has 228 valence electrons. The summed E-state index contributed by atoms with van der Waals surface area (Å²) in [5.41, 5.74) is -4.81. The van der Waals surface area contributed by atoms with E-state index in [1.165, 1.54) is 4.72 Å². The normalized spacial score (nSPS) is 15.0. The number of sulfonamides is 1. The Kier molecular flexibility index (Phi) is 10.7. The molecule has 19 heteroatoms. The molecule has 2 aromatic carbocycles. The van der Waals surface area contributed by atoms with Crippen LogP contribution < -0.4 is 10.0 Å². The highest BCUT2D eigenvalue weighted by atomic mass is 35.5. The molecule has 0 spiro atoms. The van der Waals surface area contributed by atoms with Gasteiger partial charge in [0.1, 0.15) is 11.7 Å². The van der Waals surface area contributed by atoms with Crippen LogP contribution in [-0.2, 0) is 16.2 Å². The second kappa shape index (κ2) is 12.5. The van der Waals surface area contributed by atoms with Crippen LogP contribution in [0.5, 0.6) is 0 Å². The molecule has 0 radical (unpaired) electrons. The van der Waals surface area contributed by atoms with E-state index in [0.29, 0.717) is 12.1 Å². The first-order valence-electron chi connectivity index (χ1n) is 10.6. The van der Waals surface area contributed by atoms with Gasteiger partial charge in [-0.1, -0.05) is 40.9 Å². The van der Waals surface area contributed by atoms with Gasteiger partial charge in [-0.05, 0) is 42.8 Å². The fourth-order valence-corrected chi connectivity index (χ4v) is 5.06. The molecule has 0 aliphatic heterocycles. The average Bonchev–Trinajstić information content (AvgIpc) is 2.76. The van der Waals surface area contributed by atoms with Gasteiger partial charge >= 0.3 is 18.5 Å². The maximum atomic E-state index is 14.9. The van der Waals surface area contributed by atoms with E-state index in [9.17, 15) is 57.1 Å². The van der Waals surface area contributed by atoms with E-state index in [-0.39, 0.29) is 17.2 Å². The number of alkyl halides is 9. The molecule has 2 atom stereocenters. The minimum Gasteiger partial charge on any atom is -0.336 e. The molecule has 0 aliphatic rings. The SMILES string of the molecule is C[C@@H](NC(=O)c1ccc(/C(F)=C/C(c2cc(Cl)c(Cl)c(Cl)c2)C(F)(F)F)cc1C(F)(F)F)NS(=O)(=O)CC(F)(F)F. The number of benzene rings is 2. The molecule has 2 aromatic rings. The van der Waals surface area contributed by atoms with Crippen molar-refractivity contribution in [3.8, 4) is 0 Å². The van der Waals surface area contributed by atoms with Gasteiger partial charge in [0.15, 0.2) is 5.75 Å². The Morgan fingerprint density at radius 2 is 1.49 bits per heavy atom. The van der Waals surface area contributed by atoms with Crippen molar-refractivity contribution in [3.05, 3.63) is 73.7 Å². The fourth-order valence-electron chi connectivity index (χ4n) is 3.33. The predicted molar refractivity (Wildman–Crippen MR) is 131 cm³/mol. The quantitative estimate of drug-likeness (QED) is 0.169. The first-order chi connectivity index (χ1) is 18.4. The molecule has 0 aromatic heterocycles. The largest absolute Gasteiger partial charge is 0.417 e. The van der Waals surface area contributed by atoms with Crippen molar-refractivity contribution in [2.75, 3.05) is 5.75 Å². The maximum Gasteiger partial charge on any atom is 0.417 e. The molecule has 0 saturated heterocycles. The van der Waals surface area contributed by atoms with Crippen LogP contribution in [0.2, 0.25) is 15.1 Å². The summed E-state index contributed by atoms with van der Waals surface area (Å²) in [5, 5.41) is 0.571. The Balaban J connectivity index is 2.46. The van der Waals surface area contributed by atoms with E-state index in [1.807, 2.05) is 0 Å². The van der Waals surface area contributed by atoms with Crippen LogP contribution in [-0.4, -0.2) is 38.6 Å². The Hall–Kier alpha value is -2.27. The molecule has 1 amide bonds. The molecule has 2 rings (SSSR count). The van der Waals surface area contributed by atoms with Crippen molar-refractivity contribution in [2.45, 2.75) is 37.5 Å². The summed E-state index contributed by atoms with van der Waals surface area (Å²) in [6, 6.07) is 2.40. The third-order valence-corrected chi connectivity index (χ3v) is 7.55. The smallest absolute Gasteiger partial charge is 0.336 e. The minimum atomic E-state index is -5.39. The number of allylic oxidation sites excluding steroid dienone is 1. The van der Waals surface area contributed by atoms with Crippen LogP contribution in [0, 0.1) is 0 Å². The number of carbonyl (C=O) groups is 1. The van der Waals surface area contributed by atoms with Gasteiger partial charge in [-0.2, -0.15) is 44.2 Å². The summed E-state index contributed by atoms with van der Waals surface area (Å²) in [5.74, 6) is -8.53. The molecule has 0 bridgehead atoms. The summed E-state index contributed by atoms with van der Waals surface area (Å²) in [6.45, 7) is 0.808. The van der Waals surface area contributed by atoms with Gasteiger partial charge in [-0.15, -0.1) is 0 Å². The van der Waals surface area contributed by atoms with Gasteiger partial charge in [-0.25, -0.2) is 12.8 Å². The number of halogens is 13. The summed E-state index contributed by atoms with van der Waals surface area (Å²) in [7, 11) is -5.06. The van der Waals surface area contributed by atoms with Crippen LogP contribution in [0.3, 0.4) is 0 Å². The Morgan fingerprint density at radius 1 is 0.951 bits per heavy atom. The number of nitrogens with one attached hydrogen (secondary N) is 2. The van der Waals surface area contributed by atoms with Gasteiger partial charge in [0.25, 0.3) is 5.91 Å². The first kappa shape index (κ1) is 34.9. The Morgan fingerprint density at radius 3 is 1.95 bits per heavy atom. The minimum absolute atomic E-state index is 0.0223. The van der Waals surface area contributed by atoms with Crippen LogP contribution >= 0.6 is 34.8 Å². The zero-order valence-corrected chi connectivity index (χ0v) is 23.0. The molecule has 5 nitrogen and oxygen atoms in total. The second-order valence-electron chi connectivity index (χ2n) is 8.28. The van der Waals surface area contributed by atoms with E-state index in [4.69, 9.17) is 34.8 Å². The predicted octanol–water partition coefficient (Wildman–Crippen LogP) is 7.88. The van der Waals surface area contributed by atoms with E-state index in [2.05, 4.69) is 0 Å². The van der Waals surface area contributed by atoms with Gasteiger partial charge in [-0.3, -0.25) is 4.79 Å².